The second kappa shape index (κ2) is 8.26. The van der Waals surface area contributed by atoms with Crippen molar-refractivity contribution in [3.63, 3.8) is 0 Å². The molecule has 0 atom stereocenters. The van der Waals surface area contributed by atoms with Crippen LogP contribution >= 0.6 is 0 Å². The number of rotatable bonds is 7. The summed E-state index contributed by atoms with van der Waals surface area (Å²) in [5.74, 6) is 1.05. The van der Waals surface area contributed by atoms with Gasteiger partial charge in [-0.25, -0.2) is 4.79 Å². The van der Waals surface area contributed by atoms with Crippen molar-refractivity contribution < 1.29 is 9.47 Å². The summed E-state index contributed by atoms with van der Waals surface area (Å²) >= 11 is 0. The van der Waals surface area contributed by atoms with Crippen LogP contribution in [-0.4, -0.2) is 37.3 Å². The van der Waals surface area contributed by atoms with Gasteiger partial charge in [-0.15, -0.1) is 0 Å². The number of H-pyrrole nitrogens is 2. The molecular weight excluding hydrogens is 410 g/mol. The Hall–Kier alpha value is -4.60. The van der Waals surface area contributed by atoms with Crippen molar-refractivity contribution >= 4 is 16.7 Å². The second-order valence-corrected chi connectivity index (χ2v) is 6.99. The molecule has 0 bridgehead atoms. The third-order valence-electron chi connectivity index (χ3n) is 4.88. The fourth-order valence-electron chi connectivity index (χ4n) is 3.33. The van der Waals surface area contributed by atoms with Gasteiger partial charge in [0.15, 0.2) is 11.5 Å². The molecule has 0 saturated carbocycles. The maximum Gasteiger partial charge on any atom is 0.346 e. The first-order chi connectivity index (χ1) is 15.7. The summed E-state index contributed by atoms with van der Waals surface area (Å²) in [7, 11) is 1.58. The zero-order valence-corrected chi connectivity index (χ0v) is 17.1. The molecule has 0 saturated heterocycles. The number of anilines is 1. The largest absolute Gasteiger partial charge is 0.493 e. The number of imidazole rings is 1. The first-order valence-electron chi connectivity index (χ1n) is 9.84. The molecule has 0 aliphatic carbocycles. The Morgan fingerprint density at radius 2 is 1.81 bits per heavy atom. The van der Waals surface area contributed by atoms with Crippen LogP contribution < -0.4 is 20.5 Å². The molecule has 10 heteroatoms. The average molecular weight is 429 g/mol. The molecule has 2 heterocycles. The molecule has 0 radical (unpaired) electrons. The fraction of sp³-hybridized carbons (Fsp3) is 0.0909. The molecule has 32 heavy (non-hydrogen) atoms. The molecule has 3 aromatic carbocycles. The first kappa shape index (κ1) is 19.4. The van der Waals surface area contributed by atoms with Crippen LogP contribution in [0.3, 0.4) is 0 Å². The highest BCUT2D eigenvalue weighted by molar-refractivity contribution is 5.78. The summed E-state index contributed by atoms with van der Waals surface area (Å²) < 4.78 is 13.0. The smallest absolute Gasteiger partial charge is 0.346 e. The van der Waals surface area contributed by atoms with Crippen LogP contribution in [0.25, 0.3) is 16.7 Å². The highest BCUT2D eigenvalue weighted by atomic mass is 16.5. The van der Waals surface area contributed by atoms with Gasteiger partial charge in [-0.05, 0) is 58.5 Å². The first-order valence-corrected chi connectivity index (χ1v) is 9.84. The van der Waals surface area contributed by atoms with Gasteiger partial charge in [0, 0.05) is 12.2 Å². The number of ether oxygens (including phenoxy) is 2. The quantitative estimate of drug-likeness (QED) is 0.363. The van der Waals surface area contributed by atoms with Crippen molar-refractivity contribution in [2.75, 3.05) is 12.4 Å². The minimum atomic E-state index is -0.226. The molecule has 0 unspecified atom stereocenters. The third kappa shape index (κ3) is 3.88. The minimum Gasteiger partial charge on any atom is -0.493 e. The topological polar surface area (TPSA) is 123 Å². The third-order valence-corrected chi connectivity index (χ3v) is 4.88. The fourth-order valence-corrected chi connectivity index (χ4v) is 3.33. The van der Waals surface area contributed by atoms with Gasteiger partial charge in [-0.3, -0.25) is 0 Å². The Labute approximate surface area is 181 Å². The molecule has 0 spiro atoms. The van der Waals surface area contributed by atoms with Crippen molar-refractivity contribution in [3.05, 3.63) is 82.8 Å². The molecule has 5 aromatic rings. The van der Waals surface area contributed by atoms with Crippen LogP contribution in [-0.2, 0) is 6.54 Å². The van der Waals surface area contributed by atoms with Crippen LogP contribution in [0.4, 0.5) is 5.69 Å². The highest BCUT2D eigenvalue weighted by Gasteiger charge is 2.14. The average Bonchev–Trinajstić information content (AvgIpc) is 3.44. The van der Waals surface area contributed by atoms with Crippen LogP contribution in [0.5, 0.6) is 17.5 Å². The van der Waals surface area contributed by atoms with E-state index in [1.54, 1.807) is 7.11 Å². The Morgan fingerprint density at radius 1 is 0.969 bits per heavy atom. The van der Waals surface area contributed by atoms with E-state index >= 15 is 0 Å². The zero-order valence-electron chi connectivity index (χ0n) is 17.1. The Kier molecular flexibility index (Phi) is 5.00. The maximum absolute atomic E-state index is 11.4. The van der Waals surface area contributed by atoms with Crippen molar-refractivity contribution in [2.45, 2.75) is 6.54 Å². The molecule has 3 N–H and O–H groups in total. The highest BCUT2D eigenvalue weighted by Crippen LogP contribution is 2.32. The lowest BCUT2D eigenvalue weighted by molar-refractivity contribution is 0.363. The Bertz CT molecular complexity index is 1420. The van der Waals surface area contributed by atoms with Gasteiger partial charge >= 0.3 is 11.7 Å². The molecule has 5 rings (SSSR count). The number of nitrogens with zero attached hydrogens (tertiary/aromatic N) is 4. The number of aromatic nitrogens is 6. The summed E-state index contributed by atoms with van der Waals surface area (Å²) in [5, 5.41) is 15.0. The summed E-state index contributed by atoms with van der Waals surface area (Å²) in [4.78, 5) is 16.9. The number of hydrogen-bond acceptors (Lipinski definition) is 7. The molecule has 10 nitrogen and oxygen atoms in total. The summed E-state index contributed by atoms with van der Waals surface area (Å²) in [6.07, 6.45) is 0. The van der Waals surface area contributed by atoms with E-state index in [1.807, 2.05) is 66.7 Å². The number of fused-ring (bicyclic) bond motifs is 1. The predicted molar refractivity (Wildman–Crippen MR) is 118 cm³/mol. The maximum atomic E-state index is 11.4. The summed E-state index contributed by atoms with van der Waals surface area (Å²) in [6, 6.07) is 21.0. The van der Waals surface area contributed by atoms with Crippen molar-refractivity contribution in [1.29, 1.82) is 0 Å². The number of aromatic amines is 2. The van der Waals surface area contributed by atoms with Gasteiger partial charge in [0.05, 0.1) is 23.8 Å². The number of tetrazole rings is 1. The van der Waals surface area contributed by atoms with E-state index in [0.717, 1.165) is 28.0 Å². The molecule has 0 fully saturated rings. The van der Waals surface area contributed by atoms with E-state index in [9.17, 15) is 4.79 Å². The molecule has 2 aromatic heterocycles. The Morgan fingerprint density at radius 3 is 2.66 bits per heavy atom. The molecule has 0 aliphatic heterocycles. The van der Waals surface area contributed by atoms with E-state index in [0.29, 0.717) is 18.0 Å². The SMILES string of the molecule is COc1cc(CNc2ccc3[nH]c(=O)[nH]c3c2)ccc1Oc1nnnn1-c1ccccc1. The van der Waals surface area contributed by atoms with E-state index in [-0.39, 0.29) is 11.7 Å². The van der Waals surface area contributed by atoms with Gasteiger partial charge in [0.1, 0.15) is 0 Å². The number of methoxy groups -OCH3 is 1. The van der Waals surface area contributed by atoms with E-state index < -0.39 is 0 Å². The van der Waals surface area contributed by atoms with E-state index in [4.69, 9.17) is 9.47 Å². The van der Waals surface area contributed by atoms with Gasteiger partial charge in [-0.2, -0.15) is 4.68 Å². The molecule has 0 amide bonds. The number of benzene rings is 3. The standard InChI is InChI=1S/C22H19N7O3/c1-31-20-11-14(13-23-15-8-9-17-18(12-15)25-21(30)24-17)7-10-19(20)32-22-26-27-28-29(22)16-5-3-2-4-6-16/h2-12,23H,13H2,1H3,(H2,24,25,30). The van der Waals surface area contributed by atoms with Crippen molar-refractivity contribution in [2.24, 2.45) is 0 Å². The van der Waals surface area contributed by atoms with Crippen molar-refractivity contribution in [3.8, 4) is 23.2 Å². The summed E-state index contributed by atoms with van der Waals surface area (Å²) in [5.41, 5.74) is 3.94. The van der Waals surface area contributed by atoms with E-state index in [2.05, 4.69) is 30.8 Å². The lowest BCUT2D eigenvalue weighted by Crippen LogP contribution is -2.02. The molecule has 0 aliphatic rings. The number of hydrogen-bond donors (Lipinski definition) is 3. The number of para-hydroxylation sites is 1. The predicted octanol–water partition coefficient (Wildman–Crippen LogP) is 3.24. The number of nitrogens with one attached hydrogen (secondary N) is 3. The van der Waals surface area contributed by atoms with Gasteiger partial charge in [-0.1, -0.05) is 29.4 Å². The normalized spacial score (nSPS) is 10.9. The Balaban J connectivity index is 1.33. The van der Waals surface area contributed by atoms with Gasteiger partial charge in [0.25, 0.3) is 0 Å². The lowest BCUT2D eigenvalue weighted by atomic mass is 10.2. The monoisotopic (exact) mass is 429 g/mol. The van der Waals surface area contributed by atoms with Crippen LogP contribution in [0.15, 0.2) is 71.5 Å². The molecule has 160 valence electrons. The van der Waals surface area contributed by atoms with Gasteiger partial charge in [0.2, 0.25) is 0 Å². The van der Waals surface area contributed by atoms with Crippen LogP contribution in [0.1, 0.15) is 5.56 Å². The second-order valence-electron chi connectivity index (χ2n) is 6.99. The van der Waals surface area contributed by atoms with Crippen LogP contribution in [0.2, 0.25) is 0 Å². The van der Waals surface area contributed by atoms with Gasteiger partial charge < -0.3 is 24.8 Å². The lowest BCUT2D eigenvalue weighted by Gasteiger charge is -2.12. The zero-order chi connectivity index (χ0) is 21.9. The van der Waals surface area contributed by atoms with E-state index in [1.165, 1.54) is 4.68 Å². The minimum absolute atomic E-state index is 0.226. The molecular formula is C22H19N7O3. The van der Waals surface area contributed by atoms with Crippen molar-refractivity contribution in [1.82, 2.24) is 30.2 Å². The van der Waals surface area contributed by atoms with Crippen LogP contribution in [0, 0.1) is 0 Å². The summed E-state index contributed by atoms with van der Waals surface area (Å²) in [6.45, 7) is 0.554.